The number of nitrogens with zero attached hydrogens (tertiary/aromatic N) is 2. The van der Waals surface area contributed by atoms with Crippen molar-refractivity contribution in [3.05, 3.63) is 59.4 Å². The van der Waals surface area contributed by atoms with Crippen LogP contribution in [0.3, 0.4) is 0 Å². The Morgan fingerprint density at radius 1 is 1.04 bits per heavy atom. The molecule has 5 rings (SSSR count). The fourth-order valence-corrected chi connectivity index (χ4v) is 5.82. The van der Waals surface area contributed by atoms with Crippen LogP contribution in [0.15, 0.2) is 47.4 Å². The average Bonchev–Trinajstić information content (AvgIpc) is 3.24. The van der Waals surface area contributed by atoms with E-state index in [1.54, 1.807) is 6.07 Å². The highest BCUT2D eigenvalue weighted by Gasteiger charge is 2.41. The Morgan fingerprint density at radius 2 is 1.88 bits per heavy atom. The van der Waals surface area contributed by atoms with Crippen molar-refractivity contribution < 1.29 is 4.39 Å². The summed E-state index contributed by atoms with van der Waals surface area (Å²) >= 11 is 1.95. The van der Waals surface area contributed by atoms with Crippen molar-refractivity contribution in [1.82, 2.24) is 10.2 Å². The molecule has 2 aromatic carbocycles. The number of rotatable bonds is 2. The molecule has 0 amide bonds. The molecule has 25 heavy (non-hydrogen) atoms. The Bertz CT molecular complexity index is 790. The maximum Gasteiger partial charge on any atom is 0.136 e. The summed E-state index contributed by atoms with van der Waals surface area (Å²) in [6.45, 7) is 4.20. The van der Waals surface area contributed by atoms with Crippen molar-refractivity contribution in [1.29, 1.82) is 0 Å². The maximum absolute atomic E-state index is 14.3. The van der Waals surface area contributed by atoms with Gasteiger partial charge in [0.15, 0.2) is 0 Å². The van der Waals surface area contributed by atoms with Crippen molar-refractivity contribution in [3.8, 4) is 0 Å². The van der Waals surface area contributed by atoms with Crippen LogP contribution in [-0.2, 0) is 6.42 Å². The second-order valence-corrected chi connectivity index (χ2v) is 8.06. The Kier molecular flexibility index (Phi) is 3.95. The number of piperazine rings is 1. The highest BCUT2D eigenvalue weighted by molar-refractivity contribution is 8.00. The van der Waals surface area contributed by atoms with Crippen molar-refractivity contribution in [2.75, 3.05) is 31.1 Å². The van der Waals surface area contributed by atoms with Crippen molar-refractivity contribution in [2.45, 2.75) is 29.3 Å². The van der Waals surface area contributed by atoms with E-state index in [1.807, 2.05) is 17.8 Å². The van der Waals surface area contributed by atoms with Gasteiger partial charge in [-0.15, -0.1) is 0 Å². The largest absolute Gasteiger partial charge is 0.339 e. The van der Waals surface area contributed by atoms with Gasteiger partial charge in [-0.25, -0.2) is 4.39 Å². The lowest BCUT2D eigenvalue weighted by Gasteiger charge is -2.41. The first-order chi connectivity index (χ1) is 12.3. The van der Waals surface area contributed by atoms with E-state index in [1.165, 1.54) is 16.1 Å². The minimum Gasteiger partial charge on any atom is -0.339 e. The Labute approximate surface area is 152 Å². The molecule has 0 spiro atoms. The summed E-state index contributed by atoms with van der Waals surface area (Å²) in [5, 5.41) is 3.45. The minimum atomic E-state index is -0.0427. The molecule has 1 fully saturated rings. The molecule has 0 radical (unpaired) electrons. The fraction of sp³-hybridized carbons (Fsp3) is 0.400. The molecule has 0 aromatic heterocycles. The Morgan fingerprint density at radius 3 is 2.76 bits per heavy atom. The van der Waals surface area contributed by atoms with E-state index in [-0.39, 0.29) is 11.9 Å². The number of para-hydroxylation sites is 1. The van der Waals surface area contributed by atoms with E-state index >= 15 is 0 Å². The number of hydrogen-bond acceptors (Lipinski definition) is 4. The monoisotopic (exact) mass is 355 g/mol. The van der Waals surface area contributed by atoms with Gasteiger partial charge in [0.25, 0.3) is 0 Å². The van der Waals surface area contributed by atoms with Gasteiger partial charge in [-0.1, -0.05) is 36.0 Å². The summed E-state index contributed by atoms with van der Waals surface area (Å²) in [4.78, 5) is 6.46. The second kappa shape index (κ2) is 6.31. The van der Waals surface area contributed by atoms with Gasteiger partial charge in [-0.05, 0) is 42.2 Å². The van der Waals surface area contributed by atoms with Crippen LogP contribution in [-0.4, -0.2) is 36.6 Å². The summed E-state index contributed by atoms with van der Waals surface area (Å²) in [6.07, 6.45) is 1.83. The molecule has 3 nitrogen and oxygen atoms in total. The van der Waals surface area contributed by atoms with E-state index in [9.17, 15) is 4.39 Å². The number of nitrogens with one attached hydrogen (secondary N) is 1. The van der Waals surface area contributed by atoms with Gasteiger partial charge < -0.3 is 10.2 Å². The van der Waals surface area contributed by atoms with Gasteiger partial charge in [0.05, 0.1) is 11.7 Å². The molecule has 3 aliphatic rings. The van der Waals surface area contributed by atoms with Gasteiger partial charge in [0.2, 0.25) is 0 Å². The first-order valence-electron chi connectivity index (χ1n) is 9.09. The number of halogens is 1. The zero-order chi connectivity index (χ0) is 16.8. The summed E-state index contributed by atoms with van der Waals surface area (Å²) in [7, 11) is 0. The van der Waals surface area contributed by atoms with Crippen LogP contribution in [0, 0.1) is 5.82 Å². The van der Waals surface area contributed by atoms with E-state index in [4.69, 9.17) is 0 Å². The van der Waals surface area contributed by atoms with Crippen LogP contribution in [0.2, 0.25) is 0 Å². The average molecular weight is 355 g/mol. The third-order valence-corrected chi connectivity index (χ3v) is 6.93. The number of anilines is 1. The number of fused-ring (bicyclic) bond motifs is 2. The maximum atomic E-state index is 14.3. The lowest BCUT2D eigenvalue weighted by atomic mass is 10.1. The molecular weight excluding hydrogens is 333 g/mol. The number of hydrogen-bond donors (Lipinski definition) is 1. The minimum absolute atomic E-state index is 0.0427. The normalized spacial score (nSPS) is 25.9. The van der Waals surface area contributed by atoms with Gasteiger partial charge >= 0.3 is 0 Å². The smallest absolute Gasteiger partial charge is 0.136 e. The topological polar surface area (TPSA) is 18.5 Å². The van der Waals surface area contributed by atoms with Crippen LogP contribution in [0.5, 0.6) is 0 Å². The van der Waals surface area contributed by atoms with E-state index in [0.717, 1.165) is 44.6 Å². The van der Waals surface area contributed by atoms with Crippen LogP contribution in [0.4, 0.5) is 10.1 Å². The van der Waals surface area contributed by atoms with Crippen molar-refractivity contribution in [3.63, 3.8) is 0 Å². The summed E-state index contributed by atoms with van der Waals surface area (Å²) in [6, 6.07) is 14.5. The highest BCUT2D eigenvalue weighted by atomic mass is 32.2. The zero-order valence-electron chi connectivity index (χ0n) is 14.1. The summed E-state index contributed by atoms with van der Waals surface area (Å²) in [5.41, 5.74) is 3.70. The second-order valence-electron chi connectivity index (χ2n) is 6.97. The third kappa shape index (κ3) is 2.57. The van der Waals surface area contributed by atoms with Crippen LogP contribution in [0.25, 0.3) is 0 Å². The van der Waals surface area contributed by atoms with Gasteiger partial charge in [0.1, 0.15) is 11.3 Å². The molecule has 2 atom stereocenters. The first kappa shape index (κ1) is 15.7. The van der Waals surface area contributed by atoms with Crippen LogP contribution in [0.1, 0.15) is 23.6 Å². The van der Waals surface area contributed by atoms with E-state index in [0.29, 0.717) is 5.50 Å². The summed E-state index contributed by atoms with van der Waals surface area (Å²) in [5.74, 6) is -0.0427. The lowest BCUT2D eigenvalue weighted by Crippen LogP contribution is -2.53. The zero-order valence-corrected chi connectivity index (χ0v) is 14.9. The first-order valence-corrected chi connectivity index (χ1v) is 9.97. The van der Waals surface area contributed by atoms with Crippen LogP contribution >= 0.6 is 11.8 Å². The molecule has 2 aromatic rings. The molecule has 130 valence electrons. The standard InChI is InChI=1S/C20H22FN3S/c21-16-5-3-4-15-14(16)8-9-17(15)24-18-6-1-2-7-19(18)25-20(24)23-12-10-22-11-13-23/h1-7,17,20,22H,8-13H2/t17?,20-/m0/s1. The Balaban J connectivity index is 1.56. The highest BCUT2D eigenvalue weighted by Crippen LogP contribution is 2.51. The van der Waals surface area contributed by atoms with E-state index < -0.39 is 0 Å². The van der Waals surface area contributed by atoms with Gasteiger partial charge in [-0.2, -0.15) is 0 Å². The van der Waals surface area contributed by atoms with Crippen LogP contribution < -0.4 is 10.2 Å². The Hall–Kier alpha value is -1.56. The van der Waals surface area contributed by atoms with Crippen molar-refractivity contribution >= 4 is 17.4 Å². The molecule has 0 saturated carbocycles. The fourth-order valence-electron chi connectivity index (χ4n) is 4.41. The molecule has 2 aliphatic heterocycles. The number of benzene rings is 2. The quantitative estimate of drug-likeness (QED) is 0.887. The lowest BCUT2D eigenvalue weighted by molar-refractivity contribution is 0.215. The molecule has 2 heterocycles. The predicted molar refractivity (Wildman–Crippen MR) is 100 cm³/mol. The third-order valence-electron chi connectivity index (χ3n) is 5.60. The molecular formula is C20H22FN3S. The molecule has 5 heteroatoms. The van der Waals surface area contributed by atoms with Gasteiger partial charge in [0, 0.05) is 31.1 Å². The molecule has 1 N–H and O–H groups in total. The van der Waals surface area contributed by atoms with Gasteiger partial charge in [-0.3, -0.25) is 4.90 Å². The SMILES string of the molecule is Fc1cccc2c1CCC2N1c2ccccc2S[C@H]1N1CCNCC1. The summed E-state index contributed by atoms with van der Waals surface area (Å²) < 4.78 is 14.3. The predicted octanol–water partition coefficient (Wildman–Crippen LogP) is 3.61. The molecule has 1 saturated heterocycles. The van der Waals surface area contributed by atoms with Crippen molar-refractivity contribution in [2.24, 2.45) is 0 Å². The molecule has 1 unspecified atom stereocenters. The number of thioether (sulfide) groups is 1. The van der Waals surface area contributed by atoms with E-state index in [2.05, 4.69) is 45.4 Å². The molecule has 1 aliphatic carbocycles. The molecule has 0 bridgehead atoms.